The lowest BCUT2D eigenvalue weighted by Crippen LogP contribution is -2.65. The van der Waals surface area contributed by atoms with E-state index in [1.807, 2.05) is 12.1 Å². The third kappa shape index (κ3) is 3.67. The van der Waals surface area contributed by atoms with Crippen molar-refractivity contribution in [2.24, 2.45) is 56.7 Å². The van der Waals surface area contributed by atoms with E-state index in [0.717, 1.165) is 6.42 Å². The fourth-order valence-corrected chi connectivity index (χ4v) is 12.5. The zero-order chi connectivity index (χ0) is 28.9. The Morgan fingerprint density at radius 3 is 2.20 bits per heavy atom. The summed E-state index contributed by atoms with van der Waals surface area (Å²) >= 11 is 0. The summed E-state index contributed by atoms with van der Waals surface area (Å²) in [4.78, 5) is 0. The molecule has 6 rings (SSSR count). The van der Waals surface area contributed by atoms with Gasteiger partial charge in [-0.15, -0.1) is 0 Å². The lowest BCUT2D eigenvalue weighted by molar-refractivity contribution is -0.228. The molecule has 0 bridgehead atoms. The van der Waals surface area contributed by atoms with Crippen LogP contribution in [0, 0.1) is 56.7 Å². The molecule has 0 aliphatic heterocycles. The Labute approximate surface area is 243 Å². The van der Waals surface area contributed by atoms with Crippen LogP contribution in [0.1, 0.15) is 105 Å². The molecule has 0 radical (unpaired) electrons. The van der Waals surface area contributed by atoms with Crippen molar-refractivity contribution in [2.75, 3.05) is 6.61 Å². The first-order valence-corrected chi connectivity index (χ1v) is 16.2. The summed E-state index contributed by atoms with van der Waals surface area (Å²) in [7, 11) is -1.42. The standard InChI is InChI=1S/C36H53BO3/c1-23(2)26-14-19-36(22-38)21-20-34(6)28(31(26)36)12-13-30-33(5)17-15-27(24-8-10-25(11-9-24)37(39)40)32(3,4)29(33)16-18-35(30,34)7/h8-11,15,26,28-31,38-40H,1,12-14,16-22H2,2-7H3. The highest BCUT2D eigenvalue weighted by Crippen LogP contribution is 2.77. The van der Waals surface area contributed by atoms with Crippen LogP contribution in [0.2, 0.25) is 0 Å². The highest BCUT2D eigenvalue weighted by atomic mass is 16.4. The quantitative estimate of drug-likeness (QED) is 0.282. The first kappa shape index (κ1) is 28.8. The van der Waals surface area contributed by atoms with Gasteiger partial charge in [-0.2, -0.15) is 0 Å². The maximum atomic E-state index is 10.8. The molecule has 0 aromatic heterocycles. The maximum Gasteiger partial charge on any atom is 0.488 e. The fraction of sp³-hybridized carbons (Fsp3) is 0.722. The van der Waals surface area contributed by atoms with E-state index in [1.165, 1.54) is 68.1 Å². The monoisotopic (exact) mass is 544 g/mol. The molecule has 0 heterocycles. The molecule has 9 atom stereocenters. The molecule has 218 valence electrons. The van der Waals surface area contributed by atoms with Gasteiger partial charge in [0.15, 0.2) is 0 Å². The van der Waals surface area contributed by atoms with Gasteiger partial charge in [-0.3, -0.25) is 0 Å². The van der Waals surface area contributed by atoms with Gasteiger partial charge in [0.1, 0.15) is 0 Å². The molecule has 3 N–H and O–H groups in total. The van der Waals surface area contributed by atoms with Crippen molar-refractivity contribution in [2.45, 2.75) is 99.3 Å². The summed E-state index contributed by atoms with van der Waals surface area (Å²) < 4.78 is 0. The molecule has 0 spiro atoms. The van der Waals surface area contributed by atoms with E-state index in [1.54, 1.807) is 0 Å². The number of benzene rings is 1. The second-order valence-corrected chi connectivity index (χ2v) is 16.2. The normalized spacial score (nSPS) is 45.4. The van der Waals surface area contributed by atoms with E-state index < -0.39 is 7.12 Å². The summed E-state index contributed by atoms with van der Waals surface area (Å²) in [6, 6.07) is 7.89. The van der Waals surface area contributed by atoms with E-state index in [-0.39, 0.29) is 16.2 Å². The molecule has 1 aromatic carbocycles. The Kier molecular flexibility index (Phi) is 6.70. The average molecular weight is 545 g/mol. The van der Waals surface area contributed by atoms with Crippen molar-refractivity contribution in [3.8, 4) is 0 Å². The molecular formula is C36H53BO3. The predicted molar refractivity (Wildman–Crippen MR) is 166 cm³/mol. The molecule has 5 aliphatic carbocycles. The second-order valence-electron chi connectivity index (χ2n) is 16.2. The van der Waals surface area contributed by atoms with Crippen LogP contribution >= 0.6 is 0 Å². The van der Waals surface area contributed by atoms with Gasteiger partial charge in [0.25, 0.3) is 0 Å². The summed E-state index contributed by atoms with van der Waals surface area (Å²) in [5, 5.41) is 30.0. The van der Waals surface area contributed by atoms with Gasteiger partial charge < -0.3 is 15.2 Å². The van der Waals surface area contributed by atoms with Crippen LogP contribution in [-0.2, 0) is 0 Å². The highest BCUT2D eigenvalue weighted by Gasteiger charge is 2.70. The van der Waals surface area contributed by atoms with E-state index in [9.17, 15) is 15.2 Å². The smallest absolute Gasteiger partial charge is 0.423 e. The number of hydrogen-bond donors (Lipinski definition) is 3. The van der Waals surface area contributed by atoms with Gasteiger partial charge >= 0.3 is 7.12 Å². The molecular weight excluding hydrogens is 491 g/mol. The second kappa shape index (κ2) is 9.32. The van der Waals surface area contributed by atoms with Crippen LogP contribution in [-0.4, -0.2) is 28.9 Å². The molecule has 0 saturated heterocycles. The van der Waals surface area contributed by atoms with Crippen LogP contribution < -0.4 is 5.46 Å². The number of fused-ring (bicyclic) bond motifs is 7. The predicted octanol–water partition coefficient (Wildman–Crippen LogP) is 7.01. The van der Waals surface area contributed by atoms with Crippen molar-refractivity contribution in [1.29, 1.82) is 0 Å². The van der Waals surface area contributed by atoms with Gasteiger partial charge in [-0.25, -0.2) is 0 Å². The molecule has 1 aromatic rings. The van der Waals surface area contributed by atoms with Crippen LogP contribution in [0.3, 0.4) is 0 Å². The number of allylic oxidation sites excluding steroid dienone is 3. The zero-order valence-electron chi connectivity index (χ0n) is 26.0. The van der Waals surface area contributed by atoms with Gasteiger partial charge in [0.2, 0.25) is 0 Å². The van der Waals surface area contributed by atoms with E-state index >= 15 is 0 Å². The lowest BCUT2D eigenvalue weighted by atomic mass is 9.32. The van der Waals surface area contributed by atoms with Crippen molar-refractivity contribution >= 4 is 18.2 Å². The highest BCUT2D eigenvalue weighted by molar-refractivity contribution is 6.58. The SMILES string of the molecule is C=C(C)C1CCC2(CO)CCC3(C)C(CCC4C5(C)CC=C(c6ccc(B(O)O)cc6)C(C)(C)C5CCC43C)C12. The topological polar surface area (TPSA) is 60.7 Å². The summed E-state index contributed by atoms with van der Waals surface area (Å²) in [5.74, 6) is 3.17. The Bertz CT molecular complexity index is 1200. The molecule has 9 unspecified atom stereocenters. The van der Waals surface area contributed by atoms with Crippen molar-refractivity contribution < 1.29 is 15.2 Å². The van der Waals surface area contributed by atoms with Gasteiger partial charge in [0, 0.05) is 6.61 Å². The Morgan fingerprint density at radius 2 is 1.57 bits per heavy atom. The van der Waals surface area contributed by atoms with Crippen LogP contribution in [0.4, 0.5) is 0 Å². The van der Waals surface area contributed by atoms with Gasteiger partial charge in [-0.1, -0.05) is 77.1 Å². The number of rotatable bonds is 4. The van der Waals surface area contributed by atoms with Crippen LogP contribution in [0.5, 0.6) is 0 Å². The van der Waals surface area contributed by atoms with Crippen molar-refractivity contribution in [3.05, 3.63) is 48.1 Å². The Balaban J connectivity index is 1.36. The summed E-state index contributed by atoms with van der Waals surface area (Å²) in [6.07, 6.45) is 13.7. The summed E-state index contributed by atoms with van der Waals surface area (Å²) in [6.45, 7) is 20.0. The Hall–Kier alpha value is -1.36. The number of aliphatic hydroxyl groups excluding tert-OH is 1. The number of aliphatic hydroxyl groups is 1. The average Bonchev–Trinajstić information content (AvgIpc) is 3.29. The molecule has 3 nitrogen and oxygen atoms in total. The van der Waals surface area contributed by atoms with Gasteiger partial charge in [0.05, 0.1) is 0 Å². The maximum absolute atomic E-state index is 10.8. The fourth-order valence-electron chi connectivity index (χ4n) is 12.5. The zero-order valence-corrected chi connectivity index (χ0v) is 26.0. The van der Waals surface area contributed by atoms with Crippen LogP contribution in [0.15, 0.2) is 42.5 Å². The van der Waals surface area contributed by atoms with Crippen molar-refractivity contribution in [1.82, 2.24) is 0 Å². The van der Waals surface area contributed by atoms with Gasteiger partial charge in [-0.05, 0) is 138 Å². The van der Waals surface area contributed by atoms with E-state index in [4.69, 9.17) is 0 Å². The molecule has 4 saturated carbocycles. The lowest BCUT2D eigenvalue weighted by Gasteiger charge is -2.72. The molecule has 0 amide bonds. The third-order valence-electron chi connectivity index (χ3n) is 14.7. The molecule has 4 heteroatoms. The minimum atomic E-state index is -1.42. The minimum absolute atomic E-state index is 0.0561. The minimum Gasteiger partial charge on any atom is -0.423 e. The largest absolute Gasteiger partial charge is 0.488 e. The summed E-state index contributed by atoms with van der Waals surface area (Å²) in [5.41, 5.74) is 5.61. The number of hydrogen-bond acceptors (Lipinski definition) is 3. The first-order chi connectivity index (χ1) is 18.7. The van der Waals surface area contributed by atoms with E-state index in [0.29, 0.717) is 52.5 Å². The Morgan fingerprint density at radius 1 is 0.875 bits per heavy atom. The molecule has 5 aliphatic rings. The van der Waals surface area contributed by atoms with Crippen molar-refractivity contribution in [3.63, 3.8) is 0 Å². The van der Waals surface area contributed by atoms with E-state index in [2.05, 4.69) is 66.3 Å². The first-order valence-electron chi connectivity index (χ1n) is 16.2. The third-order valence-corrected chi connectivity index (χ3v) is 14.7. The van der Waals surface area contributed by atoms with Crippen LogP contribution in [0.25, 0.3) is 5.57 Å². The molecule has 40 heavy (non-hydrogen) atoms. The molecule has 4 fully saturated rings.